The van der Waals surface area contributed by atoms with E-state index in [9.17, 15) is 19.4 Å². The van der Waals surface area contributed by atoms with Gasteiger partial charge in [0.2, 0.25) is 5.91 Å². The van der Waals surface area contributed by atoms with Gasteiger partial charge in [-0.3, -0.25) is 13.8 Å². The van der Waals surface area contributed by atoms with Crippen LogP contribution in [0.3, 0.4) is 0 Å². The van der Waals surface area contributed by atoms with Crippen molar-refractivity contribution in [1.29, 1.82) is 0 Å². The molecular weight excluding hydrogens is 972 g/mol. The topological polar surface area (TPSA) is 105 Å². The third-order valence-corrected chi connectivity index (χ3v) is 16.9. The van der Waals surface area contributed by atoms with Gasteiger partial charge in [-0.2, -0.15) is 0 Å². The van der Waals surface area contributed by atoms with E-state index in [1.54, 1.807) is 6.08 Å². The number of unbranched alkanes of at least 4 members (excludes halogenated alkanes) is 49. The molecule has 0 aromatic carbocycles. The van der Waals surface area contributed by atoms with Crippen molar-refractivity contribution in [1.82, 2.24) is 5.32 Å². The van der Waals surface area contributed by atoms with Gasteiger partial charge in [-0.15, -0.1) is 0 Å². The normalized spacial score (nSPS) is 13.8. The van der Waals surface area contributed by atoms with E-state index in [4.69, 9.17) is 9.05 Å². The maximum atomic E-state index is 13.0. The fourth-order valence-corrected chi connectivity index (χ4v) is 11.3. The summed E-state index contributed by atoms with van der Waals surface area (Å²) in [7, 11) is 1.59. The molecule has 3 unspecified atom stereocenters. The Bertz CT molecular complexity index is 1300. The molecule has 0 bridgehead atoms. The zero-order valence-corrected chi connectivity index (χ0v) is 53.4. The lowest BCUT2D eigenvalue weighted by Crippen LogP contribution is -2.45. The van der Waals surface area contributed by atoms with Gasteiger partial charge in [0.15, 0.2) is 0 Å². The fourth-order valence-electron chi connectivity index (χ4n) is 10.6. The van der Waals surface area contributed by atoms with Crippen molar-refractivity contribution < 1.29 is 32.9 Å². The number of hydrogen-bond donors (Lipinski definition) is 3. The number of hydrogen-bond acceptors (Lipinski definition) is 5. The summed E-state index contributed by atoms with van der Waals surface area (Å²) in [5.41, 5.74) is 0. The highest BCUT2D eigenvalue weighted by Crippen LogP contribution is 2.43. The van der Waals surface area contributed by atoms with Crippen molar-refractivity contribution >= 4 is 13.7 Å². The van der Waals surface area contributed by atoms with Gasteiger partial charge in [0.05, 0.1) is 39.9 Å². The van der Waals surface area contributed by atoms with Gasteiger partial charge < -0.3 is 19.8 Å². The molecule has 0 heterocycles. The molecule has 0 radical (unpaired) electrons. The van der Waals surface area contributed by atoms with Gasteiger partial charge >= 0.3 is 7.82 Å². The molecule has 0 saturated carbocycles. The van der Waals surface area contributed by atoms with Crippen LogP contribution in [0.25, 0.3) is 0 Å². The quantitative estimate of drug-likeness (QED) is 0.0243. The SMILES string of the molecule is CCCCCCCCCC/C=C\CCCCCCCCCCCCCCCCCC(=O)NC(COP(=O)(O)OCC[N+](C)(C)C)C(O)/C=C/CCCCCCCCCCCCCCCCCCCCCCCCCCCC. The van der Waals surface area contributed by atoms with Crippen molar-refractivity contribution in [2.45, 2.75) is 366 Å². The molecule has 0 aliphatic carbocycles. The molecule has 0 aromatic rings. The van der Waals surface area contributed by atoms with Crippen LogP contribution in [0.2, 0.25) is 0 Å². The highest BCUT2D eigenvalue weighted by molar-refractivity contribution is 7.47. The highest BCUT2D eigenvalue weighted by Gasteiger charge is 2.28. The number of nitrogens with zero attached hydrogens (tertiary/aromatic N) is 1. The van der Waals surface area contributed by atoms with Crippen LogP contribution in [0, 0.1) is 0 Å². The minimum Gasteiger partial charge on any atom is -0.387 e. The largest absolute Gasteiger partial charge is 0.472 e. The molecule has 0 fully saturated rings. The first-order chi connectivity index (χ1) is 37.5. The Kier molecular flexibility index (Phi) is 58.8. The van der Waals surface area contributed by atoms with Gasteiger partial charge in [0.25, 0.3) is 0 Å². The summed E-state index contributed by atoms with van der Waals surface area (Å²) in [6.07, 6.45) is 77.5. The zero-order valence-electron chi connectivity index (χ0n) is 52.5. The Labute approximate surface area is 481 Å². The first kappa shape index (κ1) is 76.0. The molecule has 0 saturated heterocycles. The lowest BCUT2D eigenvalue weighted by molar-refractivity contribution is -0.870. The third-order valence-electron chi connectivity index (χ3n) is 15.9. The van der Waals surface area contributed by atoms with Crippen molar-refractivity contribution in [3.05, 3.63) is 24.3 Å². The minimum absolute atomic E-state index is 0.0641. The number of rotatable bonds is 64. The first-order valence-corrected chi connectivity index (χ1v) is 35.7. The third kappa shape index (κ3) is 62.4. The standard InChI is InChI=1S/C68H135N2O6P/c1-6-8-10-12-14-16-18-20-22-24-26-28-30-32-34-36-37-39-41-43-45-47-49-51-53-55-57-59-61-67(71)66(65-76-77(73,74)75-64-63-70(3,4)5)69-68(72)62-60-58-56-54-52-50-48-46-44-42-40-38-35-33-31-29-27-25-23-21-19-17-15-13-11-9-7-2/h25,27,59,61,66-67,71H,6-24,26,28-58,60,62-65H2,1-5H3,(H-,69,72,73,74)/p+1/b27-25-,61-59+. The van der Waals surface area contributed by atoms with E-state index in [0.29, 0.717) is 17.4 Å². The van der Waals surface area contributed by atoms with Crippen LogP contribution >= 0.6 is 7.82 Å². The number of allylic oxidation sites excluding steroid dienone is 3. The van der Waals surface area contributed by atoms with E-state index in [1.165, 1.54) is 302 Å². The predicted molar refractivity (Wildman–Crippen MR) is 337 cm³/mol. The lowest BCUT2D eigenvalue weighted by Gasteiger charge is -2.25. The Hall–Kier alpha value is -1.02. The van der Waals surface area contributed by atoms with Gasteiger partial charge in [0, 0.05) is 6.42 Å². The second-order valence-electron chi connectivity index (χ2n) is 24.9. The molecule has 8 nitrogen and oxygen atoms in total. The lowest BCUT2D eigenvalue weighted by atomic mass is 10.0. The maximum Gasteiger partial charge on any atom is 0.472 e. The molecule has 0 rings (SSSR count). The van der Waals surface area contributed by atoms with E-state index >= 15 is 0 Å². The van der Waals surface area contributed by atoms with E-state index in [0.717, 1.165) is 32.1 Å². The van der Waals surface area contributed by atoms with Gasteiger partial charge in [-0.1, -0.05) is 327 Å². The molecule has 3 N–H and O–H groups in total. The van der Waals surface area contributed by atoms with Crippen LogP contribution in [0.4, 0.5) is 0 Å². The van der Waals surface area contributed by atoms with Crippen LogP contribution < -0.4 is 5.32 Å². The van der Waals surface area contributed by atoms with Crippen LogP contribution in [0.5, 0.6) is 0 Å². The monoisotopic (exact) mass is 1110 g/mol. The molecule has 458 valence electrons. The number of likely N-dealkylation sites (N-methyl/N-ethyl adjacent to an activating group) is 1. The Morgan fingerprint density at radius 1 is 0.429 bits per heavy atom. The molecule has 77 heavy (non-hydrogen) atoms. The van der Waals surface area contributed by atoms with E-state index in [1.807, 2.05) is 27.2 Å². The number of phosphoric ester groups is 1. The minimum atomic E-state index is -4.35. The van der Waals surface area contributed by atoms with Crippen LogP contribution in [0.15, 0.2) is 24.3 Å². The smallest absolute Gasteiger partial charge is 0.387 e. The molecular formula is C68H136N2O6P+. The second-order valence-corrected chi connectivity index (χ2v) is 26.4. The van der Waals surface area contributed by atoms with Crippen LogP contribution in [0.1, 0.15) is 354 Å². The maximum absolute atomic E-state index is 13.0. The molecule has 9 heteroatoms. The first-order valence-electron chi connectivity index (χ1n) is 34.2. The summed E-state index contributed by atoms with van der Waals surface area (Å²) >= 11 is 0. The fraction of sp³-hybridized carbons (Fsp3) is 0.926. The Morgan fingerprint density at radius 2 is 0.701 bits per heavy atom. The summed E-state index contributed by atoms with van der Waals surface area (Å²) in [4.78, 5) is 23.4. The molecule has 1 amide bonds. The summed E-state index contributed by atoms with van der Waals surface area (Å²) in [6.45, 7) is 4.88. The Balaban J connectivity index is 4.07. The number of carbonyl (C=O) groups is 1. The summed E-state index contributed by atoms with van der Waals surface area (Å²) in [5.74, 6) is -0.170. The number of aliphatic hydroxyl groups is 1. The Morgan fingerprint density at radius 3 is 1.00 bits per heavy atom. The molecule has 0 spiro atoms. The van der Waals surface area contributed by atoms with Crippen LogP contribution in [-0.2, 0) is 18.4 Å². The van der Waals surface area contributed by atoms with E-state index < -0.39 is 20.0 Å². The molecule has 0 aromatic heterocycles. The van der Waals surface area contributed by atoms with E-state index in [2.05, 4.69) is 31.3 Å². The molecule has 3 atom stereocenters. The van der Waals surface area contributed by atoms with E-state index in [-0.39, 0.29) is 19.1 Å². The number of aliphatic hydroxyl groups excluding tert-OH is 1. The highest BCUT2D eigenvalue weighted by atomic mass is 31.2. The number of carbonyl (C=O) groups excluding carboxylic acids is 1. The van der Waals surface area contributed by atoms with Gasteiger partial charge in [-0.05, 0) is 44.9 Å². The van der Waals surface area contributed by atoms with Gasteiger partial charge in [-0.25, -0.2) is 4.57 Å². The van der Waals surface area contributed by atoms with Crippen molar-refractivity contribution in [2.75, 3.05) is 40.9 Å². The average Bonchev–Trinajstić information content (AvgIpc) is 3.39. The molecule has 0 aliphatic heterocycles. The number of phosphoric acid groups is 1. The van der Waals surface area contributed by atoms with Gasteiger partial charge in [0.1, 0.15) is 13.2 Å². The molecule has 0 aliphatic rings. The summed E-state index contributed by atoms with van der Waals surface area (Å²) < 4.78 is 23.8. The number of amides is 1. The average molecular weight is 1110 g/mol. The summed E-state index contributed by atoms with van der Waals surface area (Å²) in [6, 6.07) is -0.846. The van der Waals surface area contributed by atoms with Crippen molar-refractivity contribution in [2.24, 2.45) is 0 Å². The van der Waals surface area contributed by atoms with Crippen molar-refractivity contribution in [3.63, 3.8) is 0 Å². The second kappa shape index (κ2) is 59.6. The predicted octanol–water partition coefficient (Wildman–Crippen LogP) is 21.5. The van der Waals surface area contributed by atoms with Crippen LogP contribution in [-0.4, -0.2) is 73.4 Å². The number of nitrogens with one attached hydrogen (secondary N) is 1. The number of quaternary nitrogens is 1. The zero-order chi connectivity index (χ0) is 56.3. The summed E-state index contributed by atoms with van der Waals surface area (Å²) in [5, 5.41) is 14.0. The van der Waals surface area contributed by atoms with Crippen molar-refractivity contribution in [3.8, 4) is 0 Å².